The zero-order valence-corrected chi connectivity index (χ0v) is 18.2. The van der Waals surface area contributed by atoms with Gasteiger partial charge in [0.1, 0.15) is 5.82 Å². The van der Waals surface area contributed by atoms with Crippen molar-refractivity contribution in [2.75, 3.05) is 11.9 Å². The van der Waals surface area contributed by atoms with Crippen LogP contribution >= 0.6 is 22.7 Å². The summed E-state index contributed by atoms with van der Waals surface area (Å²) in [6.07, 6.45) is 0. The van der Waals surface area contributed by atoms with E-state index in [1.807, 2.05) is 53.2 Å². The molecule has 32 heavy (non-hydrogen) atoms. The van der Waals surface area contributed by atoms with E-state index in [2.05, 4.69) is 20.3 Å². The molecular weight excluding hydrogens is 444 g/mol. The number of esters is 1. The molecule has 3 aromatic heterocycles. The number of ether oxygens (including phenoxy) is 1. The van der Waals surface area contributed by atoms with E-state index in [1.54, 1.807) is 29.5 Å². The molecule has 0 aliphatic heterocycles. The molecule has 0 fully saturated rings. The van der Waals surface area contributed by atoms with E-state index in [1.165, 1.54) is 11.3 Å². The number of aromatic nitrogens is 3. The number of nitrogens with one attached hydrogen (secondary N) is 2. The van der Waals surface area contributed by atoms with Gasteiger partial charge in [0.05, 0.1) is 27.2 Å². The summed E-state index contributed by atoms with van der Waals surface area (Å²) in [5, 5.41) is 6.97. The summed E-state index contributed by atoms with van der Waals surface area (Å²) in [6, 6.07) is 18.5. The highest BCUT2D eigenvalue weighted by Gasteiger charge is 2.18. The summed E-state index contributed by atoms with van der Waals surface area (Å²) in [5.74, 6) is -0.492. The fourth-order valence-corrected chi connectivity index (χ4v) is 4.67. The van der Waals surface area contributed by atoms with E-state index in [4.69, 9.17) is 4.74 Å². The highest BCUT2D eigenvalue weighted by atomic mass is 32.1. The molecule has 0 saturated heterocycles. The highest BCUT2D eigenvalue weighted by molar-refractivity contribution is 7.16. The number of fused-ring (bicyclic) bond motifs is 1. The number of nitrogens with zero attached hydrogens (tertiary/aromatic N) is 2. The fraction of sp³-hybridized carbons (Fsp3) is 0.0435. The Morgan fingerprint density at radius 1 is 0.969 bits per heavy atom. The van der Waals surface area contributed by atoms with E-state index >= 15 is 0 Å². The third-order valence-corrected chi connectivity index (χ3v) is 6.30. The van der Waals surface area contributed by atoms with Crippen molar-refractivity contribution >= 4 is 50.7 Å². The van der Waals surface area contributed by atoms with Gasteiger partial charge in [-0.05, 0) is 29.6 Å². The molecule has 5 rings (SSSR count). The third-order valence-electron chi connectivity index (χ3n) is 4.65. The molecule has 0 aliphatic rings. The predicted molar refractivity (Wildman–Crippen MR) is 126 cm³/mol. The van der Waals surface area contributed by atoms with Crippen LogP contribution in [0.25, 0.3) is 33.0 Å². The standard InChI is InChI=1S/C23H16N4O3S2/c28-20(27-23-26-18(13-32-23)19-10-5-11-31-19)12-30-22(29)15-7-2-1-6-14(15)21-24-16-8-3-4-9-17(16)25-21/h1-11,13H,12H2,(H,24,25)(H,26,27,28). The van der Waals surface area contributed by atoms with E-state index in [0.29, 0.717) is 22.1 Å². The number of thiazole rings is 1. The fourth-order valence-electron chi connectivity index (χ4n) is 3.18. The van der Waals surface area contributed by atoms with Crippen molar-refractivity contribution in [2.24, 2.45) is 0 Å². The van der Waals surface area contributed by atoms with Gasteiger partial charge < -0.3 is 9.72 Å². The van der Waals surface area contributed by atoms with E-state index in [0.717, 1.165) is 21.6 Å². The van der Waals surface area contributed by atoms with Gasteiger partial charge in [-0.2, -0.15) is 0 Å². The van der Waals surface area contributed by atoms with Crippen LogP contribution in [0.4, 0.5) is 5.13 Å². The number of carbonyl (C=O) groups excluding carboxylic acids is 2. The number of amides is 1. The Kier molecular flexibility index (Phi) is 5.49. The maximum Gasteiger partial charge on any atom is 0.339 e. The van der Waals surface area contributed by atoms with Crippen molar-refractivity contribution in [2.45, 2.75) is 0 Å². The van der Waals surface area contributed by atoms with Crippen LogP contribution in [0.2, 0.25) is 0 Å². The molecule has 1 amide bonds. The first-order valence-electron chi connectivity index (χ1n) is 9.68. The Morgan fingerprint density at radius 2 is 1.81 bits per heavy atom. The maximum atomic E-state index is 12.7. The number of hydrogen-bond donors (Lipinski definition) is 2. The summed E-state index contributed by atoms with van der Waals surface area (Å²) < 4.78 is 5.26. The second kappa shape index (κ2) is 8.74. The van der Waals surface area contributed by atoms with Crippen LogP contribution in [0.1, 0.15) is 10.4 Å². The minimum Gasteiger partial charge on any atom is -0.452 e. The second-order valence-corrected chi connectivity index (χ2v) is 8.59. The zero-order valence-electron chi connectivity index (χ0n) is 16.6. The Bertz CT molecular complexity index is 1370. The SMILES string of the molecule is O=C(COC(=O)c1ccccc1-c1nc2ccccc2[nH]1)Nc1nc(-c2cccs2)cs1. The van der Waals surface area contributed by atoms with Crippen LogP contribution in [-0.4, -0.2) is 33.4 Å². The predicted octanol–water partition coefficient (Wildman–Crippen LogP) is 5.21. The van der Waals surface area contributed by atoms with Gasteiger partial charge >= 0.3 is 5.97 Å². The minimum atomic E-state index is -0.602. The number of para-hydroxylation sites is 2. The monoisotopic (exact) mass is 460 g/mol. The third kappa shape index (κ3) is 4.16. The molecule has 5 aromatic rings. The second-order valence-electron chi connectivity index (χ2n) is 6.79. The molecule has 0 bridgehead atoms. The minimum absolute atomic E-state index is 0.327. The van der Waals surface area contributed by atoms with Gasteiger partial charge in [-0.25, -0.2) is 14.8 Å². The van der Waals surface area contributed by atoms with Gasteiger partial charge in [0.2, 0.25) is 0 Å². The molecule has 0 spiro atoms. The van der Waals surface area contributed by atoms with E-state index in [9.17, 15) is 9.59 Å². The molecule has 0 radical (unpaired) electrons. The molecule has 2 aromatic carbocycles. The maximum absolute atomic E-state index is 12.7. The number of H-pyrrole nitrogens is 1. The van der Waals surface area contributed by atoms with Crippen molar-refractivity contribution in [1.29, 1.82) is 0 Å². The van der Waals surface area contributed by atoms with Crippen molar-refractivity contribution in [3.05, 3.63) is 77.0 Å². The molecule has 158 valence electrons. The molecule has 2 N–H and O–H groups in total. The summed E-state index contributed by atoms with van der Waals surface area (Å²) in [6.45, 7) is -0.415. The smallest absolute Gasteiger partial charge is 0.339 e. The first kappa shape index (κ1) is 20.1. The van der Waals surface area contributed by atoms with Gasteiger partial charge in [-0.3, -0.25) is 10.1 Å². The molecule has 0 aliphatic carbocycles. The van der Waals surface area contributed by atoms with Crippen LogP contribution in [-0.2, 0) is 9.53 Å². The normalized spacial score (nSPS) is 10.9. The lowest BCUT2D eigenvalue weighted by atomic mass is 10.1. The molecule has 7 nitrogen and oxygen atoms in total. The lowest BCUT2D eigenvalue weighted by Gasteiger charge is -2.08. The molecule has 3 heterocycles. The lowest BCUT2D eigenvalue weighted by Crippen LogP contribution is -2.21. The van der Waals surface area contributed by atoms with Gasteiger partial charge in [0, 0.05) is 10.9 Å². The number of hydrogen-bond acceptors (Lipinski definition) is 7. The number of aromatic amines is 1. The summed E-state index contributed by atoms with van der Waals surface area (Å²) >= 11 is 2.89. The quantitative estimate of drug-likeness (QED) is 0.339. The molecule has 0 unspecified atom stereocenters. The number of rotatable bonds is 6. The average Bonchev–Trinajstić information content (AvgIpc) is 3.57. The summed E-state index contributed by atoms with van der Waals surface area (Å²) in [7, 11) is 0. The Morgan fingerprint density at radius 3 is 2.66 bits per heavy atom. The van der Waals surface area contributed by atoms with Crippen LogP contribution in [0.5, 0.6) is 0 Å². The molecule has 9 heteroatoms. The number of thiophene rings is 1. The number of imidazole rings is 1. The zero-order chi connectivity index (χ0) is 21.9. The Labute approximate surface area is 190 Å². The first-order chi connectivity index (χ1) is 15.7. The van der Waals surface area contributed by atoms with Crippen molar-refractivity contribution in [1.82, 2.24) is 15.0 Å². The average molecular weight is 461 g/mol. The van der Waals surface area contributed by atoms with Crippen LogP contribution in [0, 0.1) is 0 Å². The molecule has 0 atom stereocenters. The number of carbonyl (C=O) groups is 2. The van der Waals surface area contributed by atoms with E-state index in [-0.39, 0.29) is 0 Å². The van der Waals surface area contributed by atoms with Gasteiger partial charge in [0.25, 0.3) is 5.91 Å². The van der Waals surface area contributed by atoms with Gasteiger partial charge in [0.15, 0.2) is 11.7 Å². The van der Waals surface area contributed by atoms with Crippen LogP contribution in [0.15, 0.2) is 71.4 Å². The highest BCUT2D eigenvalue weighted by Crippen LogP contribution is 2.28. The van der Waals surface area contributed by atoms with E-state index < -0.39 is 18.5 Å². The largest absolute Gasteiger partial charge is 0.452 e. The Balaban J connectivity index is 1.26. The lowest BCUT2D eigenvalue weighted by molar-refractivity contribution is -0.119. The van der Waals surface area contributed by atoms with Crippen molar-refractivity contribution in [3.63, 3.8) is 0 Å². The van der Waals surface area contributed by atoms with Gasteiger partial charge in [-0.15, -0.1) is 22.7 Å². The molecular formula is C23H16N4O3S2. The Hall–Kier alpha value is -3.82. The van der Waals surface area contributed by atoms with Crippen LogP contribution < -0.4 is 5.32 Å². The van der Waals surface area contributed by atoms with Gasteiger partial charge in [-0.1, -0.05) is 36.4 Å². The summed E-state index contributed by atoms with van der Waals surface area (Å²) in [5.41, 5.74) is 3.41. The topological polar surface area (TPSA) is 97.0 Å². The van der Waals surface area contributed by atoms with Crippen molar-refractivity contribution in [3.8, 4) is 22.0 Å². The molecule has 0 saturated carbocycles. The number of anilines is 1. The summed E-state index contributed by atoms with van der Waals surface area (Å²) in [4.78, 5) is 38.2. The van der Waals surface area contributed by atoms with Crippen LogP contribution in [0.3, 0.4) is 0 Å². The first-order valence-corrected chi connectivity index (χ1v) is 11.4. The van der Waals surface area contributed by atoms with Crippen molar-refractivity contribution < 1.29 is 14.3 Å². The number of benzene rings is 2.